The number of carbonyl (C=O) groups excluding carboxylic acids is 2. The van der Waals surface area contributed by atoms with E-state index in [-0.39, 0.29) is 15.6 Å². The van der Waals surface area contributed by atoms with E-state index in [4.69, 9.17) is 4.74 Å². The number of halogens is 1. The predicted octanol–water partition coefficient (Wildman–Crippen LogP) is 2.04. The molecule has 0 unspecified atom stereocenters. The van der Waals surface area contributed by atoms with Gasteiger partial charge in [-0.15, -0.1) is 0 Å². The molecule has 0 aliphatic heterocycles. The first-order chi connectivity index (χ1) is 8.61. The Labute approximate surface area is 127 Å². The second-order valence-corrected chi connectivity index (χ2v) is 7.57. The highest BCUT2D eigenvalue weighted by Crippen LogP contribution is 2.32. The summed E-state index contributed by atoms with van der Waals surface area (Å²) in [7, 11) is 0. The van der Waals surface area contributed by atoms with Crippen molar-refractivity contribution in [1.82, 2.24) is 5.32 Å². The molecule has 110 valence electrons. The van der Waals surface area contributed by atoms with Crippen LogP contribution in [0.25, 0.3) is 0 Å². The van der Waals surface area contributed by atoms with Crippen LogP contribution in [0.2, 0.25) is 0 Å². The normalized spacial score (nSPS) is 31.7. The Morgan fingerprint density at radius 1 is 1.32 bits per heavy atom. The molecule has 0 aromatic carbocycles. The molecule has 0 spiro atoms. The summed E-state index contributed by atoms with van der Waals surface area (Å²) in [5.41, 5.74) is -0.598. The molecule has 1 amide bonds. The lowest BCUT2D eigenvalue weighted by molar-refractivity contribution is -0.123. The highest BCUT2D eigenvalue weighted by Gasteiger charge is 2.41. The summed E-state index contributed by atoms with van der Waals surface area (Å²) in [4.78, 5) is 23.5. The highest BCUT2D eigenvalue weighted by molar-refractivity contribution is 14.1. The molecular formula is C13H22INO4. The van der Waals surface area contributed by atoms with Crippen molar-refractivity contribution in [1.29, 1.82) is 0 Å². The molecule has 6 heteroatoms. The lowest BCUT2D eigenvalue weighted by atomic mass is 9.80. The van der Waals surface area contributed by atoms with E-state index < -0.39 is 23.8 Å². The van der Waals surface area contributed by atoms with E-state index in [1.807, 2.05) is 0 Å². The van der Waals surface area contributed by atoms with Crippen LogP contribution < -0.4 is 5.32 Å². The first kappa shape index (κ1) is 16.7. The maximum atomic E-state index is 11.8. The molecule has 0 aromatic rings. The van der Waals surface area contributed by atoms with Crippen LogP contribution >= 0.6 is 22.6 Å². The lowest BCUT2D eigenvalue weighted by Gasteiger charge is -2.38. The molecule has 1 aliphatic rings. The molecule has 1 fully saturated rings. The number of Topliss-reactive ketones (excluding diaryl/α,β-unsaturated/α-hetero) is 1. The van der Waals surface area contributed by atoms with Crippen LogP contribution in [0.4, 0.5) is 4.79 Å². The van der Waals surface area contributed by atoms with Gasteiger partial charge in [-0.3, -0.25) is 4.79 Å². The van der Waals surface area contributed by atoms with Crippen molar-refractivity contribution in [3.05, 3.63) is 0 Å². The van der Waals surface area contributed by atoms with Crippen LogP contribution in [-0.2, 0) is 9.53 Å². The monoisotopic (exact) mass is 383 g/mol. The molecule has 19 heavy (non-hydrogen) atoms. The number of aliphatic hydroxyl groups is 1. The number of alkyl carbamates (subject to hydrolysis) is 1. The summed E-state index contributed by atoms with van der Waals surface area (Å²) in [6.07, 6.45) is 0.0665. The Morgan fingerprint density at radius 3 is 2.37 bits per heavy atom. The molecule has 5 nitrogen and oxygen atoms in total. The Kier molecular flexibility index (Phi) is 5.61. The maximum absolute atomic E-state index is 11.8. The first-order valence-corrected chi connectivity index (χ1v) is 7.68. The molecule has 0 radical (unpaired) electrons. The van der Waals surface area contributed by atoms with E-state index in [0.29, 0.717) is 6.42 Å². The minimum atomic E-state index is -0.701. The second kappa shape index (κ2) is 6.39. The van der Waals surface area contributed by atoms with Gasteiger partial charge in [-0.2, -0.15) is 0 Å². The third-order valence-corrected chi connectivity index (χ3v) is 4.48. The van der Waals surface area contributed by atoms with Gasteiger partial charge in [0.05, 0.1) is 18.1 Å². The number of ketones is 1. The standard InChI is InChI=1S/C13H22INO4/c1-7(16)10-8(14)5-6-9(17)11(10)15-12(18)19-13(2,3)4/h8-11,17H,5-6H2,1-4H3,(H,15,18)/t8-,9+,10-,11+/m0/s1. The van der Waals surface area contributed by atoms with Gasteiger partial charge in [0.25, 0.3) is 0 Å². The minimum Gasteiger partial charge on any atom is -0.444 e. The zero-order valence-electron chi connectivity index (χ0n) is 11.8. The predicted molar refractivity (Wildman–Crippen MR) is 80.4 cm³/mol. The summed E-state index contributed by atoms with van der Waals surface area (Å²) in [6, 6.07) is -0.567. The van der Waals surface area contributed by atoms with Crippen LogP contribution in [0, 0.1) is 5.92 Å². The van der Waals surface area contributed by atoms with Crippen LogP contribution in [-0.4, -0.2) is 38.7 Å². The van der Waals surface area contributed by atoms with E-state index in [1.165, 1.54) is 6.92 Å². The number of hydrogen-bond acceptors (Lipinski definition) is 4. The van der Waals surface area contributed by atoms with E-state index in [1.54, 1.807) is 20.8 Å². The number of ether oxygens (including phenoxy) is 1. The van der Waals surface area contributed by atoms with Gasteiger partial charge in [-0.05, 0) is 40.5 Å². The Morgan fingerprint density at radius 2 is 1.89 bits per heavy atom. The fourth-order valence-electron chi connectivity index (χ4n) is 2.29. The smallest absolute Gasteiger partial charge is 0.407 e. The van der Waals surface area contributed by atoms with Crippen molar-refractivity contribution in [3.8, 4) is 0 Å². The van der Waals surface area contributed by atoms with Crippen LogP contribution in [0.15, 0.2) is 0 Å². The summed E-state index contributed by atoms with van der Waals surface area (Å²) < 4.78 is 5.30. The van der Waals surface area contributed by atoms with Gasteiger partial charge in [0.1, 0.15) is 11.4 Å². The number of aliphatic hydroxyl groups excluding tert-OH is 1. The summed E-state index contributed by atoms with van der Waals surface area (Å²) in [5, 5.41) is 12.7. The van der Waals surface area contributed by atoms with Gasteiger partial charge in [0.15, 0.2) is 0 Å². The third kappa shape index (κ3) is 4.91. The first-order valence-electron chi connectivity index (χ1n) is 6.44. The van der Waals surface area contributed by atoms with Crippen LogP contribution in [0.3, 0.4) is 0 Å². The van der Waals surface area contributed by atoms with Crippen molar-refractivity contribution >= 4 is 34.5 Å². The molecule has 0 bridgehead atoms. The number of nitrogens with one attached hydrogen (secondary N) is 1. The van der Waals surface area contributed by atoms with Gasteiger partial charge < -0.3 is 15.2 Å². The quantitative estimate of drug-likeness (QED) is 0.565. The molecule has 1 aliphatic carbocycles. The minimum absolute atomic E-state index is 0.0146. The van der Waals surface area contributed by atoms with Crippen molar-refractivity contribution in [2.75, 3.05) is 0 Å². The Hall–Kier alpha value is -0.370. The zero-order chi connectivity index (χ0) is 14.8. The maximum Gasteiger partial charge on any atom is 0.407 e. The number of carbonyl (C=O) groups is 2. The highest BCUT2D eigenvalue weighted by atomic mass is 127. The molecule has 0 saturated heterocycles. The van der Waals surface area contributed by atoms with Gasteiger partial charge >= 0.3 is 6.09 Å². The van der Waals surface area contributed by atoms with Gasteiger partial charge in [0.2, 0.25) is 0 Å². The summed E-state index contributed by atoms with van der Waals surface area (Å²) in [5.74, 6) is -0.379. The number of rotatable bonds is 2. The molecule has 1 saturated carbocycles. The molecule has 4 atom stereocenters. The van der Waals surface area contributed by atoms with E-state index in [2.05, 4.69) is 27.9 Å². The second-order valence-electron chi connectivity index (χ2n) is 5.97. The number of hydrogen-bond donors (Lipinski definition) is 2. The van der Waals surface area contributed by atoms with E-state index in [0.717, 1.165) is 6.42 Å². The summed E-state index contributed by atoms with van der Waals surface area (Å²) in [6.45, 7) is 6.81. The van der Waals surface area contributed by atoms with Gasteiger partial charge in [-0.25, -0.2) is 4.79 Å². The molecule has 2 N–H and O–H groups in total. The third-order valence-electron chi connectivity index (χ3n) is 3.08. The fraction of sp³-hybridized carbons (Fsp3) is 0.846. The van der Waals surface area contributed by atoms with Crippen LogP contribution in [0.5, 0.6) is 0 Å². The average molecular weight is 383 g/mol. The van der Waals surface area contributed by atoms with Crippen molar-refractivity contribution in [3.63, 3.8) is 0 Å². The van der Waals surface area contributed by atoms with Crippen molar-refractivity contribution in [2.24, 2.45) is 5.92 Å². The van der Waals surface area contributed by atoms with E-state index in [9.17, 15) is 14.7 Å². The van der Waals surface area contributed by atoms with Gasteiger partial charge in [-0.1, -0.05) is 22.6 Å². The molecule has 0 aromatic heterocycles. The fourth-order valence-corrected chi connectivity index (χ4v) is 3.60. The van der Waals surface area contributed by atoms with Crippen molar-refractivity contribution < 1.29 is 19.4 Å². The van der Waals surface area contributed by atoms with Gasteiger partial charge in [0, 0.05) is 3.92 Å². The largest absolute Gasteiger partial charge is 0.444 e. The van der Waals surface area contributed by atoms with E-state index >= 15 is 0 Å². The number of amides is 1. The topological polar surface area (TPSA) is 75.6 Å². The molecule has 0 heterocycles. The number of alkyl halides is 1. The lowest BCUT2D eigenvalue weighted by Crippen LogP contribution is -2.56. The molecular weight excluding hydrogens is 361 g/mol. The zero-order valence-corrected chi connectivity index (χ0v) is 13.9. The molecule has 1 rings (SSSR count). The average Bonchev–Trinajstić information content (AvgIpc) is 2.20. The summed E-state index contributed by atoms with van der Waals surface area (Å²) >= 11 is 2.21. The van der Waals surface area contributed by atoms with Crippen molar-refractivity contribution in [2.45, 2.75) is 62.2 Å². The van der Waals surface area contributed by atoms with Crippen LogP contribution in [0.1, 0.15) is 40.5 Å². The SMILES string of the molecule is CC(=O)[C@@H]1[C@H](NC(=O)OC(C)(C)C)[C@H](O)CC[C@@H]1I. The Balaban J connectivity index is 2.76. The Bertz CT molecular complexity index is 353.